The van der Waals surface area contributed by atoms with E-state index in [1.54, 1.807) is 36.4 Å². The fourth-order valence-electron chi connectivity index (χ4n) is 1.89. The number of benzene rings is 2. The summed E-state index contributed by atoms with van der Waals surface area (Å²) in [6.45, 7) is -0.146. The van der Waals surface area contributed by atoms with Crippen molar-refractivity contribution in [1.82, 2.24) is 0 Å². The summed E-state index contributed by atoms with van der Waals surface area (Å²) in [5.41, 5.74) is 0.597. The van der Waals surface area contributed by atoms with E-state index in [-0.39, 0.29) is 12.4 Å². The molecule has 3 rings (SSSR count). The second-order valence-electron chi connectivity index (χ2n) is 4.14. The van der Waals surface area contributed by atoms with Gasteiger partial charge in [0.05, 0.1) is 0 Å². The number of phenols is 1. The van der Waals surface area contributed by atoms with Crippen LogP contribution in [0.15, 0.2) is 52.9 Å². The highest BCUT2D eigenvalue weighted by atomic mass is 16.5. The molecule has 0 saturated carbocycles. The number of ether oxygens (including phenoxy) is 1. The average Bonchev–Trinajstić information content (AvgIpc) is 2.85. The summed E-state index contributed by atoms with van der Waals surface area (Å²) in [6, 6.07) is 13.8. The number of aromatic hydroxyl groups is 1. The summed E-state index contributed by atoms with van der Waals surface area (Å²) in [6.07, 6.45) is 0. The van der Waals surface area contributed by atoms with E-state index >= 15 is 0 Å². The molecule has 0 fully saturated rings. The van der Waals surface area contributed by atoms with E-state index in [9.17, 15) is 5.11 Å². The zero-order valence-electron chi connectivity index (χ0n) is 10.0. The first-order valence-corrected chi connectivity index (χ1v) is 5.85. The van der Waals surface area contributed by atoms with Crippen LogP contribution in [0.2, 0.25) is 0 Å². The Labute approximate surface area is 109 Å². The molecule has 19 heavy (non-hydrogen) atoms. The smallest absolute Gasteiger partial charge is 0.176 e. The van der Waals surface area contributed by atoms with E-state index in [4.69, 9.17) is 14.3 Å². The molecule has 2 N–H and O–H groups in total. The Bertz CT molecular complexity index is 698. The maximum absolute atomic E-state index is 9.23. The van der Waals surface area contributed by atoms with Crippen molar-refractivity contribution >= 4 is 11.0 Å². The Morgan fingerprint density at radius 2 is 1.84 bits per heavy atom. The van der Waals surface area contributed by atoms with Gasteiger partial charge in [-0.15, -0.1) is 0 Å². The summed E-state index contributed by atoms with van der Waals surface area (Å²) >= 11 is 0. The minimum Gasteiger partial charge on any atom is -0.508 e. The van der Waals surface area contributed by atoms with Gasteiger partial charge in [-0.25, -0.2) is 0 Å². The predicted molar refractivity (Wildman–Crippen MR) is 70.3 cm³/mol. The number of phenolic OH excluding ortho intramolecular Hbond substituents is 1. The van der Waals surface area contributed by atoms with Gasteiger partial charge < -0.3 is 19.4 Å². The first kappa shape index (κ1) is 11.6. The molecule has 0 spiro atoms. The molecule has 0 aliphatic heterocycles. The van der Waals surface area contributed by atoms with Crippen LogP contribution in [0.4, 0.5) is 0 Å². The number of fused-ring (bicyclic) bond motifs is 1. The molecule has 0 atom stereocenters. The zero-order valence-corrected chi connectivity index (χ0v) is 10.0. The van der Waals surface area contributed by atoms with E-state index in [1.165, 1.54) is 0 Å². The van der Waals surface area contributed by atoms with E-state index in [2.05, 4.69) is 0 Å². The van der Waals surface area contributed by atoms with Crippen LogP contribution in [0.3, 0.4) is 0 Å². The van der Waals surface area contributed by atoms with Gasteiger partial charge in [-0.05, 0) is 36.4 Å². The molecule has 1 aromatic heterocycles. The van der Waals surface area contributed by atoms with Gasteiger partial charge in [-0.3, -0.25) is 0 Å². The summed E-state index contributed by atoms with van der Waals surface area (Å²) in [4.78, 5) is 0. The van der Waals surface area contributed by atoms with E-state index in [0.29, 0.717) is 22.8 Å². The molecule has 0 bridgehead atoms. The summed E-state index contributed by atoms with van der Waals surface area (Å²) in [7, 11) is 0. The Morgan fingerprint density at radius 3 is 2.58 bits per heavy atom. The quantitative estimate of drug-likeness (QED) is 0.753. The fourth-order valence-corrected chi connectivity index (χ4v) is 1.89. The van der Waals surface area contributed by atoms with Gasteiger partial charge in [0, 0.05) is 5.39 Å². The molecule has 0 aliphatic carbocycles. The largest absolute Gasteiger partial charge is 0.508 e. The molecule has 3 aromatic rings. The zero-order chi connectivity index (χ0) is 13.2. The van der Waals surface area contributed by atoms with Gasteiger partial charge in [-0.2, -0.15) is 0 Å². The van der Waals surface area contributed by atoms with Crippen LogP contribution in [-0.2, 0) is 6.61 Å². The lowest BCUT2D eigenvalue weighted by Crippen LogP contribution is -1.83. The molecule has 2 aromatic carbocycles. The molecule has 0 amide bonds. The van der Waals surface area contributed by atoms with Gasteiger partial charge in [0.25, 0.3) is 0 Å². The van der Waals surface area contributed by atoms with Crippen LogP contribution < -0.4 is 4.74 Å². The lowest BCUT2D eigenvalue weighted by Gasteiger charge is -2.05. The topological polar surface area (TPSA) is 62.8 Å². The normalized spacial score (nSPS) is 10.8. The number of rotatable bonds is 3. The van der Waals surface area contributed by atoms with Crippen LogP contribution in [0, 0.1) is 0 Å². The number of aliphatic hydroxyl groups is 1. The lowest BCUT2D eigenvalue weighted by atomic mass is 10.2. The third kappa shape index (κ3) is 2.26. The number of aliphatic hydroxyl groups excluding tert-OH is 1. The Kier molecular flexibility index (Phi) is 2.85. The molecule has 1 heterocycles. The second kappa shape index (κ2) is 4.66. The molecule has 0 unspecified atom stereocenters. The maximum atomic E-state index is 9.23. The third-order valence-corrected chi connectivity index (χ3v) is 2.78. The van der Waals surface area contributed by atoms with Crippen LogP contribution in [-0.4, -0.2) is 10.2 Å². The number of hydrogen-bond acceptors (Lipinski definition) is 4. The van der Waals surface area contributed by atoms with Gasteiger partial charge in [0.2, 0.25) is 0 Å². The van der Waals surface area contributed by atoms with Crippen molar-refractivity contribution in [2.75, 3.05) is 0 Å². The van der Waals surface area contributed by atoms with Crippen LogP contribution in [0.1, 0.15) is 5.76 Å². The van der Waals surface area contributed by atoms with E-state index < -0.39 is 0 Å². The highest BCUT2D eigenvalue weighted by molar-refractivity contribution is 5.84. The second-order valence-corrected chi connectivity index (χ2v) is 4.14. The standard InChI is InChI=1S/C15H12O4/c16-9-13-8-10-2-1-3-14(15(10)19-13)18-12-6-4-11(17)5-7-12/h1-8,16-17H,9H2. The Morgan fingerprint density at radius 1 is 1.05 bits per heavy atom. The first-order valence-electron chi connectivity index (χ1n) is 5.85. The molecule has 0 saturated heterocycles. The number of hydrogen-bond donors (Lipinski definition) is 2. The van der Waals surface area contributed by atoms with Gasteiger partial charge in [0.15, 0.2) is 11.3 Å². The lowest BCUT2D eigenvalue weighted by molar-refractivity contribution is 0.250. The highest BCUT2D eigenvalue weighted by Crippen LogP contribution is 2.32. The van der Waals surface area contributed by atoms with E-state index in [0.717, 1.165) is 5.39 Å². The average molecular weight is 256 g/mol. The van der Waals surface area contributed by atoms with Crippen molar-refractivity contribution in [3.8, 4) is 17.2 Å². The number of para-hydroxylation sites is 1. The summed E-state index contributed by atoms with van der Waals surface area (Å²) < 4.78 is 11.2. The SMILES string of the molecule is OCc1cc2cccc(Oc3ccc(O)cc3)c2o1. The Hall–Kier alpha value is -2.46. The Balaban J connectivity index is 2.00. The van der Waals surface area contributed by atoms with Crippen molar-refractivity contribution in [2.45, 2.75) is 6.61 Å². The summed E-state index contributed by atoms with van der Waals surface area (Å²) in [5.74, 6) is 1.86. The monoisotopic (exact) mass is 256 g/mol. The predicted octanol–water partition coefficient (Wildman–Crippen LogP) is 3.42. The van der Waals surface area contributed by atoms with Crippen LogP contribution in [0.5, 0.6) is 17.2 Å². The van der Waals surface area contributed by atoms with Crippen LogP contribution >= 0.6 is 0 Å². The molecule has 0 radical (unpaired) electrons. The molecule has 4 heteroatoms. The van der Waals surface area contributed by atoms with Gasteiger partial charge in [0.1, 0.15) is 23.9 Å². The van der Waals surface area contributed by atoms with E-state index in [1.807, 2.05) is 12.1 Å². The number of furan rings is 1. The van der Waals surface area contributed by atoms with Crippen molar-refractivity contribution in [2.24, 2.45) is 0 Å². The first-order chi connectivity index (χ1) is 9.26. The van der Waals surface area contributed by atoms with Crippen LogP contribution in [0.25, 0.3) is 11.0 Å². The third-order valence-electron chi connectivity index (χ3n) is 2.78. The molecular formula is C15H12O4. The van der Waals surface area contributed by atoms with Crippen molar-refractivity contribution < 1.29 is 19.4 Å². The molecular weight excluding hydrogens is 244 g/mol. The molecule has 96 valence electrons. The molecule has 4 nitrogen and oxygen atoms in total. The van der Waals surface area contributed by atoms with Crippen molar-refractivity contribution in [3.63, 3.8) is 0 Å². The summed E-state index contributed by atoms with van der Waals surface area (Å²) in [5, 5.41) is 19.2. The van der Waals surface area contributed by atoms with Crippen molar-refractivity contribution in [3.05, 3.63) is 54.3 Å². The van der Waals surface area contributed by atoms with Gasteiger partial charge in [-0.1, -0.05) is 12.1 Å². The highest BCUT2D eigenvalue weighted by Gasteiger charge is 2.09. The van der Waals surface area contributed by atoms with Crippen molar-refractivity contribution in [1.29, 1.82) is 0 Å². The minimum absolute atomic E-state index is 0.146. The molecule has 0 aliphatic rings. The van der Waals surface area contributed by atoms with Gasteiger partial charge >= 0.3 is 0 Å². The minimum atomic E-state index is -0.146. The fraction of sp³-hybridized carbons (Fsp3) is 0.0667. The maximum Gasteiger partial charge on any atom is 0.176 e.